The maximum absolute atomic E-state index is 13.2. The Morgan fingerprint density at radius 1 is 1.21 bits per heavy atom. The molecule has 0 fully saturated rings. The second-order valence-electron chi connectivity index (χ2n) is 7.99. The smallest absolute Gasteiger partial charge is 0.329 e. The summed E-state index contributed by atoms with van der Waals surface area (Å²) in [6, 6.07) is 10.5. The number of carbonyl (C=O) groups excluding carboxylic acids is 2. The second-order valence-corrected chi connectivity index (χ2v) is 8.85. The summed E-state index contributed by atoms with van der Waals surface area (Å²) in [5, 5.41) is 2.76. The average molecular weight is 466 g/mol. The van der Waals surface area contributed by atoms with Crippen molar-refractivity contribution < 1.29 is 19.1 Å². The van der Waals surface area contributed by atoms with Crippen LogP contribution in [0.1, 0.15) is 40.5 Å². The van der Waals surface area contributed by atoms with E-state index in [4.69, 9.17) is 14.5 Å². The van der Waals surface area contributed by atoms with E-state index in [-0.39, 0.29) is 12.0 Å². The third kappa shape index (κ3) is 4.61. The number of fused-ring (bicyclic) bond motifs is 1. The van der Waals surface area contributed by atoms with E-state index in [1.807, 2.05) is 62.5 Å². The zero-order valence-corrected chi connectivity index (χ0v) is 20.0. The Bertz CT molecular complexity index is 1150. The molecule has 0 saturated heterocycles. The molecule has 3 heterocycles. The van der Waals surface area contributed by atoms with Gasteiger partial charge in [0.25, 0.3) is 5.91 Å². The molecule has 3 aromatic rings. The van der Waals surface area contributed by atoms with E-state index in [9.17, 15) is 9.59 Å². The molecular weight excluding hydrogens is 438 g/mol. The van der Waals surface area contributed by atoms with Crippen molar-refractivity contribution in [2.45, 2.75) is 58.8 Å². The van der Waals surface area contributed by atoms with Gasteiger partial charge in [-0.15, -0.1) is 11.3 Å². The minimum Gasteiger partial charge on any atom is -0.478 e. The SMILES string of the molecule is CCC(C)OC(=O)C(C)N1C(=O)C(CC)Oc2ccc(-c3csc(-c4ccccn4)n3)cc21. The molecule has 3 atom stereocenters. The maximum atomic E-state index is 13.2. The van der Waals surface area contributed by atoms with Gasteiger partial charge in [-0.2, -0.15) is 0 Å². The number of ether oxygens (including phenoxy) is 2. The summed E-state index contributed by atoms with van der Waals surface area (Å²) < 4.78 is 11.5. The fraction of sp³-hybridized carbons (Fsp3) is 0.360. The van der Waals surface area contributed by atoms with Crippen LogP contribution in [-0.4, -0.2) is 40.1 Å². The monoisotopic (exact) mass is 465 g/mol. The lowest BCUT2D eigenvalue weighted by Crippen LogP contribution is -2.52. The molecule has 0 aliphatic carbocycles. The number of thiazole rings is 1. The first-order valence-electron chi connectivity index (χ1n) is 11.1. The molecule has 172 valence electrons. The minimum absolute atomic E-state index is 0.219. The van der Waals surface area contributed by atoms with E-state index >= 15 is 0 Å². The zero-order chi connectivity index (χ0) is 23.5. The number of rotatable bonds is 7. The summed E-state index contributed by atoms with van der Waals surface area (Å²) in [7, 11) is 0. The molecule has 3 unspecified atom stereocenters. The van der Waals surface area contributed by atoms with Crippen LogP contribution in [0.4, 0.5) is 5.69 Å². The van der Waals surface area contributed by atoms with Gasteiger partial charge in [0, 0.05) is 17.1 Å². The van der Waals surface area contributed by atoms with E-state index in [1.54, 1.807) is 13.1 Å². The molecule has 7 nitrogen and oxygen atoms in total. The number of esters is 1. The van der Waals surface area contributed by atoms with Gasteiger partial charge in [0.05, 0.1) is 23.2 Å². The van der Waals surface area contributed by atoms with Crippen LogP contribution in [-0.2, 0) is 14.3 Å². The van der Waals surface area contributed by atoms with Gasteiger partial charge < -0.3 is 9.47 Å². The Morgan fingerprint density at radius 3 is 2.73 bits per heavy atom. The van der Waals surface area contributed by atoms with Crippen molar-refractivity contribution in [2.75, 3.05) is 4.90 Å². The molecule has 2 aromatic heterocycles. The van der Waals surface area contributed by atoms with Gasteiger partial charge in [0.15, 0.2) is 6.10 Å². The molecule has 33 heavy (non-hydrogen) atoms. The lowest BCUT2D eigenvalue weighted by atomic mass is 10.1. The summed E-state index contributed by atoms with van der Waals surface area (Å²) in [4.78, 5) is 36.6. The van der Waals surface area contributed by atoms with Gasteiger partial charge in [0.2, 0.25) is 0 Å². The van der Waals surface area contributed by atoms with Crippen molar-refractivity contribution in [1.82, 2.24) is 9.97 Å². The standard InChI is InChI=1S/C25H27N3O4S/c1-5-15(3)31-25(30)16(4)28-20-13-17(10-11-22(20)32-21(6-2)24(28)29)19-14-33-23(27-19)18-9-7-8-12-26-18/h7-16,21H,5-6H2,1-4H3. The van der Waals surface area contributed by atoms with Crippen molar-refractivity contribution in [3.63, 3.8) is 0 Å². The number of benzene rings is 1. The van der Waals surface area contributed by atoms with Gasteiger partial charge >= 0.3 is 5.97 Å². The van der Waals surface area contributed by atoms with Gasteiger partial charge in [-0.25, -0.2) is 9.78 Å². The summed E-state index contributed by atoms with van der Waals surface area (Å²) in [6.45, 7) is 7.37. The summed E-state index contributed by atoms with van der Waals surface area (Å²) in [5.41, 5.74) is 2.94. The summed E-state index contributed by atoms with van der Waals surface area (Å²) >= 11 is 1.50. The summed E-state index contributed by atoms with van der Waals surface area (Å²) in [5.74, 6) is -0.117. The van der Waals surface area contributed by atoms with Crippen molar-refractivity contribution in [1.29, 1.82) is 0 Å². The van der Waals surface area contributed by atoms with Gasteiger partial charge in [0.1, 0.15) is 16.8 Å². The average Bonchev–Trinajstić information content (AvgIpc) is 3.33. The normalized spacial score (nSPS) is 17.2. The molecule has 0 N–H and O–H groups in total. The van der Waals surface area contributed by atoms with Crippen LogP contribution in [0.3, 0.4) is 0 Å². The van der Waals surface area contributed by atoms with E-state index in [1.165, 1.54) is 16.2 Å². The van der Waals surface area contributed by atoms with Gasteiger partial charge in [-0.3, -0.25) is 14.7 Å². The van der Waals surface area contributed by atoms with Crippen LogP contribution >= 0.6 is 11.3 Å². The number of aromatic nitrogens is 2. The van der Waals surface area contributed by atoms with Crippen molar-refractivity contribution in [3.05, 3.63) is 48.0 Å². The fourth-order valence-corrected chi connectivity index (χ4v) is 4.40. The van der Waals surface area contributed by atoms with Crippen LogP contribution < -0.4 is 9.64 Å². The number of hydrogen-bond acceptors (Lipinski definition) is 7. The Balaban J connectivity index is 1.70. The number of amides is 1. The van der Waals surface area contributed by atoms with E-state index in [0.29, 0.717) is 24.3 Å². The van der Waals surface area contributed by atoms with Crippen LogP contribution in [0.15, 0.2) is 48.0 Å². The largest absolute Gasteiger partial charge is 0.478 e. The lowest BCUT2D eigenvalue weighted by Gasteiger charge is -2.37. The van der Waals surface area contributed by atoms with E-state index in [0.717, 1.165) is 22.0 Å². The Labute approximate surface area is 197 Å². The van der Waals surface area contributed by atoms with Crippen LogP contribution in [0.2, 0.25) is 0 Å². The summed E-state index contributed by atoms with van der Waals surface area (Å²) in [6.07, 6.45) is 2.08. The first kappa shape index (κ1) is 22.9. The van der Waals surface area contributed by atoms with Crippen LogP contribution in [0.5, 0.6) is 5.75 Å². The third-order valence-corrected chi connectivity index (χ3v) is 6.54. The molecule has 0 saturated carbocycles. The Morgan fingerprint density at radius 2 is 2.03 bits per heavy atom. The van der Waals surface area contributed by atoms with E-state index in [2.05, 4.69) is 4.98 Å². The second kappa shape index (κ2) is 9.70. The predicted molar refractivity (Wildman–Crippen MR) is 128 cm³/mol. The molecule has 0 radical (unpaired) electrons. The van der Waals surface area contributed by atoms with Crippen LogP contribution in [0.25, 0.3) is 22.0 Å². The van der Waals surface area contributed by atoms with Crippen molar-refractivity contribution in [3.8, 4) is 27.7 Å². The van der Waals surface area contributed by atoms with Crippen LogP contribution in [0, 0.1) is 0 Å². The molecule has 1 aliphatic rings. The van der Waals surface area contributed by atoms with Gasteiger partial charge in [-0.1, -0.05) is 19.9 Å². The number of pyridine rings is 1. The van der Waals surface area contributed by atoms with E-state index < -0.39 is 18.1 Å². The highest BCUT2D eigenvalue weighted by atomic mass is 32.1. The first-order valence-corrected chi connectivity index (χ1v) is 12.0. The quantitative estimate of drug-likeness (QED) is 0.451. The highest BCUT2D eigenvalue weighted by Crippen LogP contribution is 2.40. The molecule has 4 rings (SSSR count). The van der Waals surface area contributed by atoms with Crippen molar-refractivity contribution in [2.24, 2.45) is 0 Å². The zero-order valence-electron chi connectivity index (χ0n) is 19.1. The number of hydrogen-bond donors (Lipinski definition) is 0. The fourth-order valence-electron chi connectivity index (χ4n) is 3.60. The molecule has 1 aromatic carbocycles. The maximum Gasteiger partial charge on any atom is 0.329 e. The highest BCUT2D eigenvalue weighted by molar-refractivity contribution is 7.13. The first-order chi connectivity index (χ1) is 15.9. The lowest BCUT2D eigenvalue weighted by molar-refractivity contribution is -0.151. The number of nitrogens with zero attached hydrogens (tertiary/aromatic N) is 3. The molecular formula is C25H27N3O4S. The molecule has 1 aliphatic heterocycles. The third-order valence-electron chi connectivity index (χ3n) is 5.68. The Hall–Kier alpha value is -3.26. The molecule has 8 heteroatoms. The molecule has 0 bridgehead atoms. The number of anilines is 1. The number of carbonyl (C=O) groups is 2. The predicted octanol–water partition coefficient (Wildman–Crippen LogP) is 5.11. The highest BCUT2D eigenvalue weighted by Gasteiger charge is 2.39. The topological polar surface area (TPSA) is 81.6 Å². The molecule has 1 amide bonds. The van der Waals surface area contributed by atoms with Crippen molar-refractivity contribution >= 4 is 28.9 Å². The Kier molecular flexibility index (Phi) is 6.74. The minimum atomic E-state index is -0.780. The van der Waals surface area contributed by atoms with Gasteiger partial charge in [-0.05, 0) is 57.0 Å². The molecule has 0 spiro atoms.